The zero-order chi connectivity index (χ0) is 22.6. The summed E-state index contributed by atoms with van der Waals surface area (Å²) in [6.07, 6.45) is -1.36. The minimum atomic E-state index is -3.83. The third-order valence-electron chi connectivity index (χ3n) is 4.44. The van der Waals surface area contributed by atoms with Crippen molar-refractivity contribution in [3.63, 3.8) is 0 Å². The lowest BCUT2D eigenvalue weighted by Gasteiger charge is -2.13. The summed E-state index contributed by atoms with van der Waals surface area (Å²) in [5.74, 6) is -1.38. The normalized spacial score (nSPS) is 12.4. The predicted molar refractivity (Wildman–Crippen MR) is 111 cm³/mol. The van der Waals surface area contributed by atoms with Crippen LogP contribution < -0.4 is 4.72 Å². The maximum atomic E-state index is 12.6. The fourth-order valence-electron chi connectivity index (χ4n) is 3.04. The van der Waals surface area contributed by atoms with Crippen molar-refractivity contribution in [1.29, 1.82) is 0 Å². The highest BCUT2D eigenvalue weighted by Gasteiger charge is 2.26. The van der Waals surface area contributed by atoms with Crippen LogP contribution in [0.1, 0.15) is 52.4 Å². The Kier molecular flexibility index (Phi) is 7.57. The van der Waals surface area contributed by atoms with Crippen molar-refractivity contribution in [3.05, 3.63) is 51.8 Å². The number of rotatable bonds is 9. The number of Topliss-reactive ketones (excluding diaryl/α,β-unsaturated/α-hetero) is 2. The number of halogens is 1. The molecule has 10 heteroatoms. The van der Waals surface area contributed by atoms with Gasteiger partial charge in [0.05, 0.1) is 17.0 Å². The topological polar surface area (TPSA) is 122 Å². The number of benzene rings is 1. The number of aromatic amines is 1. The van der Waals surface area contributed by atoms with Gasteiger partial charge in [0, 0.05) is 22.8 Å². The van der Waals surface area contributed by atoms with Crippen LogP contribution >= 0.6 is 11.6 Å². The number of hydrogen-bond acceptors (Lipinski definition) is 6. The number of ketones is 2. The minimum absolute atomic E-state index is 0.0224. The van der Waals surface area contributed by atoms with Gasteiger partial charge in [0.1, 0.15) is 0 Å². The molecule has 0 saturated carbocycles. The first-order valence-electron chi connectivity index (χ1n) is 9.13. The second kappa shape index (κ2) is 9.55. The van der Waals surface area contributed by atoms with Gasteiger partial charge in [0.25, 0.3) is 0 Å². The van der Waals surface area contributed by atoms with Crippen LogP contribution in [-0.2, 0) is 19.6 Å². The van der Waals surface area contributed by atoms with Gasteiger partial charge in [-0.2, -0.15) is 0 Å². The molecule has 1 atom stereocenters. The lowest BCUT2D eigenvalue weighted by atomic mass is 10.0. The summed E-state index contributed by atoms with van der Waals surface area (Å²) >= 11 is 5.79. The molecule has 2 N–H and O–H groups in total. The number of H-pyrrole nitrogens is 1. The number of carbonyl (C=O) groups excluding carboxylic acids is 3. The number of aromatic nitrogens is 1. The van der Waals surface area contributed by atoms with Gasteiger partial charge in [0.2, 0.25) is 15.8 Å². The molecule has 0 bridgehead atoms. The average molecular weight is 455 g/mol. The monoisotopic (exact) mass is 454 g/mol. The van der Waals surface area contributed by atoms with E-state index in [0.717, 1.165) is 0 Å². The molecular weight excluding hydrogens is 432 g/mol. The first kappa shape index (κ1) is 23.8. The summed E-state index contributed by atoms with van der Waals surface area (Å²) in [5, 5.41) is 0.271. The molecule has 0 amide bonds. The quantitative estimate of drug-likeness (QED) is 0.443. The average Bonchev–Trinajstić information content (AvgIpc) is 2.95. The van der Waals surface area contributed by atoms with E-state index in [4.69, 9.17) is 16.3 Å². The molecule has 162 valence electrons. The predicted octanol–water partition coefficient (Wildman–Crippen LogP) is 2.97. The van der Waals surface area contributed by atoms with Crippen molar-refractivity contribution in [2.75, 3.05) is 6.54 Å². The Morgan fingerprint density at radius 3 is 2.47 bits per heavy atom. The highest BCUT2D eigenvalue weighted by Crippen LogP contribution is 2.20. The lowest BCUT2D eigenvalue weighted by Crippen LogP contribution is -2.29. The van der Waals surface area contributed by atoms with Gasteiger partial charge < -0.3 is 9.72 Å². The molecule has 0 unspecified atom stereocenters. The molecule has 0 aliphatic heterocycles. The van der Waals surface area contributed by atoms with Crippen molar-refractivity contribution in [2.45, 2.75) is 45.1 Å². The van der Waals surface area contributed by atoms with Crippen LogP contribution in [0.4, 0.5) is 0 Å². The Balaban J connectivity index is 1.94. The van der Waals surface area contributed by atoms with Crippen LogP contribution in [0.25, 0.3) is 0 Å². The van der Waals surface area contributed by atoms with E-state index in [1.165, 1.54) is 32.0 Å². The molecule has 2 aromatic rings. The number of ether oxygens (including phenoxy) is 1. The van der Waals surface area contributed by atoms with Crippen LogP contribution in [0.5, 0.6) is 0 Å². The van der Waals surface area contributed by atoms with Crippen molar-refractivity contribution >= 4 is 39.2 Å². The standard InChI is InChI=1S/C20H23ClN2O6S/c1-11-18(13(3)24)12(2)23-19(11)20(26)14(4)29-17(25)8-9-22-30(27,28)16-7-5-6-15(21)10-16/h5-7,10,14,22-23H,8-9H2,1-4H3/t14-/m1/s1. The molecule has 0 spiro atoms. The van der Waals surface area contributed by atoms with Gasteiger partial charge in [-0.3, -0.25) is 14.4 Å². The van der Waals surface area contributed by atoms with Crippen molar-refractivity contribution < 1.29 is 27.5 Å². The van der Waals surface area contributed by atoms with E-state index in [0.29, 0.717) is 16.8 Å². The molecule has 0 aliphatic carbocycles. The molecule has 1 aromatic heterocycles. The van der Waals surface area contributed by atoms with Crippen LogP contribution in [-0.4, -0.2) is 43.6 Å². The SMILES string of the molecule is CC(=O)c1c(C)[nH]c(C(=O)[C@@H](C)OC(=O)CCNS(=O)(=O)c2cccc(Cl)c2)c1C. The number of aryl methyl sites for hydroxylation is 1. The smallest absolute Gasteiger partial charge is 0.307 e. The summed E-state index contributed by atoms with van der Waals surface area (Å²) in [5.41, 5.74) is 1.71. The Labute approximate surface area is 180 Å². The van der Waals surface area contributed by atoms with Crippen molar-refractivity contribution in [2.24, 2.45) is 0 Å². The van der Waals surface area contributed by atoms with Gasteiger partial charge in [-0.1, -0.05) is 17.7 Å². The van der Waals surface area contributed by atoms with Gasteiger partial charge in [-0.25, -0.2) is 13.1 Å². The van der Waals surface area contributed by atoms with E-state index < -0.39 is 27.9 Å². The summed E-state index contributed by atoms with van der Waals surface area (Å²) < 4.78 is 31.8. The van der Waals surface area contributed by atoms with Gasteiger partial charge in [0.15, 0.2) is 11.9 Å². The number of esters is 1. The second-order valence-corrected chi connectivity index (χ2v) is 8.99. The van der Waals surface area contributed by atoms with E-state index in [9.17, 15) is 22.8 Å². The van der Waals surface area contributed by atoms with Crippen molar-refractivity contribution in [1.82, 2.24) is 9.71 Å². The maximum absolute atomic E-state index is 12.6. The lowest BCUT2D eigenvalue weighted by molar-refractivity contribution is -0.146. The summed E-state index contributed by atoms with van der Waals surface area (Å²) in [4.78, 5) is 39.2. The van der Waals surface area contributed by atoms with E-state index in [-0.39, 0.29) is 34.4 Å². The fourth-order valence-corrected chi connectivity index (χ4v) is 4.37. The highest BCUT2D eigenvalue weighted by atomic mass is 35.5. The van der Waals surface area contributed by atoms with E-state index >= 15 is 0 Å². The Morgan fingerprint density at radius 1 is 1.23 bits per heavy atom. The second-order valence-electron chi connectivity index (χ2n) is 6.78. The van der Waals surface area contributed by atoms with Crippen LogP contribution in [0.15, 0.2) is 29.2 Å². The maximum Gasteiger partial charge on any atom is 0.307 e. The fraction of sp³-hybridized carbons (Fsp3) is 0.350. The van der Waals surface area contributed by atoms with E-state index in [1.807, 2.05) is 0 Å². The zero-order valence-electron chi connectivity index (χ0n) is 17.0. The van der Waals surface area contributed by atoms with Gasteiger partial charge in [-0.05, 0) is 51.5 Å². The number of hydrogen-bond donors (Lipinski definition) is 2. The van der Waals surface area contributed by atoms with Crippen LogP contribution in [0.3, 0.4) is 0 Å². The first-order valence-corrected chi connectivity index (χ1v) is 11.0. The molecule has 8 nitrogen and oxygen atoms in total. The zero-order valence-corrected chi connectivity index (χ0v) is 18.6. The Bertz CT molecular complexity index is 1090. The third kappa shape index (κ3) is 5.56. The Hall–Kier alpha value is -2.49. The molecule has 1 aromatic carbocycles. The van der Waals surface area contributed by atoms with Gasteiger partial charge in [-0.15, -0.1) is 0 Å². The molecular formula is C20H23ClN2O6S. The molecule has 0 radical (unpaired) electrons. The molecule has 2 rings (SSSR count). The summed E-state index contributed by atoms with van der Waals surface area (Å²) in [6, 6.07) is 5.71. The minimum Gasteiger partial charge on any atom is -0.454 e. The molecule has 1 heterocycles. The molecule has 0 saturated heterocycles. The molecule has 0 aliphatic rings. The molecule has 0 fully saturated rings. The Morgan fingerprint density at radius 2 is 1.90 bits per heavy atom. The van der Waals surface area contributed by atoms with Crippen LogP contribution in [0, 0.1) is 13.8 Å². The summed E-state index contributed by atoms with van der Waals surface area (Å²) in [6.45, 7) is 5.95. The van der Waals surface area contributed by atoms with E-state index in [2.05, 4.69) is 9.71 Å². The first-order chi connectivity index (χ1) is 13.9. The number of nitrogens with one attached hydrogen (secondary N) is 2. The highest BCUT2D eigenvalue weighted by molar-refractivity contribution is 7.89. The number of carbonyl (C=O) groups is 3. The van der Waals surface area contributed by atoms with Crippen LogP contribution in [0.2, 0.25) is 5.02 Å². The van der Waals surface area contributed by atoms with E-state index in [1.54, 1.807) is 19.9 Å². The summed E-state index contributed by atoms with van der Waals surface area (Å²) in [7, 11) is -3.83. The molecule has 30 heavy (non-hydrogen) atoms. The number of sulfonamides is 1. The van der Waals surface area contributed by atoms with Gasteiger partial charge >= 0.3 is 5.97 Å². The third-order valence-corrected chi connectivity index (χ3v) is 6.13. The van der Waals surface area contributed by atoms with Crippen molar-refractivity contribution in [3.8, 4) is 0 Å². The largest absolute Gasteiger partial charge is 0.454 e.